The second kappa shape index (κ2) is 15.7. The standard InChI is InChI=1S/2C8H14O3.2C4H9O.Ti/c2*1-4-8(5-2,6(3)9)7(10)11;2*1-4(2,3)5;/h2*4-5H2,1-3H3,(H,10,11);2*1-3H3;/q;;2*-1;+4/p-2. The number of carboxylic acid groups (broad SMARTS) is 2. The summed E-state index contributed by atoms with van der Waals surface area (Å²) in [5, 5.41) is 21.2. The Morgan fingerprint density at radius 3 is 0.879 bits per heavy atom. The van der Waals surface area contributed by atoms with Crippen LogP contribution >= 0.6 is 0 Å². The molecule has 0 unspecified atom stereocenters. The van der Waals surface area contributed by atoms with Crippen molar-refractivity contribution in [3.8, 4) is 0 Å². The Morgan fingerprint density at radius 1 is 0.606 bits per heavy atom. The number of aliphatic carboxylic acids is 2. The molecule has 0 amide bonds. The summed E-state index contributed by atoms with van der Waals surface area (Å²) < 4.78 is 11.0. The van der Waals surface area contributed by atoms with Crippen LogP contribution < -0.4 is 10.2 Å². The van der Waals surface area contributed by atoms with E-state index in [-0.39, 0.29) is 22.8 Å². The molecule has 0 rings (SSSR count). The van der Waals surface area contributed by atoms with Gasteiger partial charge in [0, 0.05) is 0 Å². The van der Waals surface area contributed by atoms with Crippen molar-refractivity contribution in [2.75, 3.05) is 0 Å². The molecule has 33 heavy (non-hydrogen) atoms. The van der Waals surface area contributed by atoms with Crippen LogP contribution in [-0.4, -0.2) is 34.7 Å². The van der Waals surface area contributed by atoms with Crippen molar-refractivity contribution in [3.63, 3.8) is 0 Å². The topological polar surface area (TPSA) is 133 Å². The molecule has 0 radical (unpaired) electrons. The first-order chi connectivity index (χ1) is 14.7. The van der Waals surface area contributed by atoms with Crippen molar-refractivity contribution in [2.45, 2.75) is 120 Å². The smallest absolute Gasteiger partial charge is 0.141 e. The van der Waals surface area contributed by atoms with Crippen LogP contribution in [0.1, 0.15) is 109 Å². The molecule has 0 aliphatic heterocycles. The van der Waals surface area contributed by atoms with E-state index >= 15 is 0 Å². The Labute approximate surface area is 210 Å². The van der Waals surface area contributed by atoms with E-state index < -0.39 is 42.7 Å². The minimum atomic E-state index is -1.25. The van der Waals surface area contributed by atoms with Crippen LogP contribution in [0, 0.1) is 10.8 Å². The van der Waals surface area contributed by atoms with Crippen molar-refractivity contribution in [1.29, 1.82) is 0 Å². The van der Waals surface area contributed by atoms with Crippen LogP contribution in [-0.2, 0) is 45.7 Å². The summed E-state index contributed by atoms with van der Waals surface area (Å²) in [7, 11) is 0. The van der Waals surface area contributed by atoms with Gasteiger partial charge in [0.05, 0.1) is 22.8 Å². The maximum absolute atomic E-state index is 10.9. The number of rotatable bonds is 10. The zero-order valence-corrected chi connectivity index (χ0v) is 24.2. The van der Waals surface area contributed by atoms with E-state index in [1.807, 2.05) is 41.5 Å². The summed E-state index contributed by atoms with van der Waals surface area (Å²) in [6.07, 6.45) is 1.23. The van der Waals surface area contributed by atoms with Gasteiger partial charge in [-0.15, -0.1) is 0 Å². The van der Waals surface area contributed by atoms with Gasteiger partial charge in [-0.2, -0.15) is 0 Å². The van der Waals surface area contributed by atoms with E-state index in [2.05, 4.69) is 0 Å². The number of Topliss-reactive ketones (excluding diaryl/α,β-unsaturated/α-hetero) is 2. The van der Waals surface area contributed by atoms with E-state index in [1.54, 1.807) is 27.7 Å². The average Bonchev–Trinajstić information content (AvgIpc) is 2.62. The summed E-state index contributed by atoms with van der Waals surface area (Å²) in [5.74, 6) is -3.14. The first kappa shape index (κ1) is 36.5. The Kier molecular flexibility index (Phi) is 17.4. The molecular weight excluding hydrogens is 464 g/mol. The van der Waals surface area contributed by atoms with Gasteiger partial charge in [-0.1, -0.05) is 27.7 Å². The fraction of sp³-hybridized carbons (Fsp3) is 0.833. The molecule has 0 N–H and O–H groups in total. The molecule has 0 aliphatic rings. The Hall–Kier alpha value is -1.09. The van der Waals surface area contributed by atoms with E-state index in [0.29, 0.717) is 25.7 Å². The predicted molar refractivity (Wildman–Crippen MR) is 119 cm³/mol. The monoisotopic (exact) mass is 508 g/mol. The van der Waals surface area contributed by atoms with Crippen molar-refractivity contribution < 1.29 is 56.0 Å². The molecule has 9 heteroatoms. The number of carbonyl (C=O) groups excluding carboxylic acids is 4. The van der Waals surface area contributed by atoms with Crippen molar-refractivity contribution in [1.82, 2.24) is 0 Å². The number of hydrogen-bond donors (Lipinski definition) is 0. The molecule has 0 spiro atoms. The summed E-state index contributed by atoms with van der Waals surface area (Å²) in [6, 6.07) is 0. The molecule has 0 saturated heterocycles. The maximum atomic E-state index is 10.9. The van der Waals surface area contributed by atoms with Gasteiger partial charge in [-0.05, 0) is 39.5 Å². The minimum Gasteiger partial charge on any atom is -0.549 e. The SMILES string of the molecule is CC(C)(C)[O][Ti+2][O]C(C)(C)C.CCC(CC)(C(C)=O)C(=O)[O-].CCC(CC)(C(C)=O)C(=O)[O-]. The summed E-state index contributed by atoms with van der Waals surface area (Å²) >= 11 is -0.681. The molecule has 0 aromatic carbocycles. The zero-order chi connectivity index (χ0) is 27.3. The number of ketones is 2. The van der Waals surface area contributed by atoms with Crippen LogP contribution in [0.4, 0.5) is 0 Å². The van der Waals surface area contributed by atoms with Gasteiger partial charge in [0.25, 0.3) is 0 Å². The second-order valence-corrected chi connectivity index (χ2v) is 10.7. The zero-order valence-electron chi connectivity index (χ0n) is 22.6. The van der Waals surface area contributed by atoms with Crippen LogP contribution in [0.25, 0.3) is 0 Å². The molecule has 0 aromatic heterocycles. The third-order valence-electron chi connectivity index (χ3n) is 5.24. The first-order valence-corrected chi connectivity index (χ1v) is 12.6. The molecule has 0 atom stereocenters. The molecular formula is C24H44O8Ti. The van der Waals surface area contributed by atoms with Crippen LogP contribution in [0.3, 0.4) is 0 Å². The predicted octanol–water partition coefficient (Wildman–Crippen LogP) is 2.79. The average molecular weight is 508 g/mol. The van der Waals surface area contributed by atoms with E-state index in [9.17, 15) is 29.4 Å². The second-order valence-electron chi connectivity index (χ2n) is 9.78. The van der Waals surface area contributed by atoms with E-state index in [4.69, 9.17) is 6.64 Å². The maximum Gasteiger partial charge on any atom is 0.141 e. The first-order valence-electron chi connectivity index (χ1n) is 11.3. The van der Waals surface area contributed by atoms with Gasteiger partial charge in [0.1, 0.15) is 11.6 Å². The third kappa shape index (κ3) is 14.0. The van der Waals surface area contributed by atoms with Gasteiger partial charge in [0.15, 0.2) is 0 Å². The molecule has 192 valence electrons. The van der Waals surface area contributed by atoms with Crippen molar-refractivity contribution in [3.05, 3.63) is 0 Å². The number of carbonyl (C=O) groups is 4. The Balaban J connectivity index is -0.000000409. The van der Waals surface area contributed by atoms with E-state index in [0.717, 1.165) is 0 Å². The van der Waals surface area contributed by atoms with Gasteiger partial charge in [-0.3, -0.25) is 9.59 Å². The summed E-state index contributed by atoms with van der Waals surface area (Å²) in [6.45, 7) is 21.6. The number of carboxylic acids is 2. The van der Waals surface area contributed by atoms with Crippen LogP contribution in [0.15, 0.2) is 0 Å². The number of hydrogen-bond acceptors (Lipinski definition) is 8. The fourth-order valence-corrected chi connectivity index (χ4v) is 3.48. The molecule has 0 aliphatic carbocycles. The van der Waals surface area contributed by atoms with Crippen LogP contribution in [0.2, 0.25) is 0 Å². The Bertz CT molecular complexity index is 535. The molecule has 0 saturated carbocycles. The van der Waals surface area contributed by atoms with Gasteiger partial charge >= 0.3 is 79.3 Å². The quantitative estimate of drug-likeness (QED) is 0.325. The molecule has 0 heterocycles. The largest absolute Gasteiger partial charge is 0.549 e. The normalized spacial score (nSPS) is 11.8. The molecule has 0 aromatic rings. The van der Waals surface area contributed by atoms with Gasteiger partial charge in [0.2, 0.25) is 0 Å². The third-order valence-corrected chi connectivity index (χ3v) is 7.41. The molecule has 0 fully saturated rings. The van der Waals surface area contributed by atoms with Gasteiger partial charge in [-0.25, -0.2) is 0 Å². The van der Waals surface area contributed by atoms with Crippen LogP contribution in [0.5, 0.6) is 0 Å². The summed E-state index contributed by atoms with van der Waals surface area (Å²) in [4.78, 5) is 43.1. The minimum absolute atomic E-state index is 0.0503. The van der Waals surface area contributed by atoms with Crippen molar-refractivity contribution >= 4 is 23.5 Å². The summed E-state index contributed by atoms with van der Waals surface area (Å²) in [5.41, 5.74) is -2.60. The Morgan fingerprint density at radius 2 is 0.818 bits per heavy atom. The van der Waals surface area contributed by atoms with Crippen molar-refractivity contribution in [2.24, 2.45) is 10.8 Å². The fourth-order valence-electron chi connectivity index (χ4n) is 2.63. The molecule has 0 bridgehead atoms. The van der Waals surface area contributed by atoms with E-state index in [1.165, 1.54) is 13.8 Å². The van der Waals surface area contributed by atoms with Gasteiger partial charge < -0.3 is 19.8 Å². The molecule has 8 nitrogen and oxygen atoms in total.